The predicted octanol–water partition coefficient (Wildman–Crippen LogP) is 2.57. The molecule has 69 valence electrons. The molecule has 13 heavy (non-hydrogen) atoms. The number of ether oxygens (including phenoxy) is 1. The SMILES string of the molecule is CC[CH]C1(c2ccccc2)COC1. The molecule has 1 radical (unpaired) electrons. The normalized spacial score (nSPS) is 19.5. The Labute approximate surface area is 79.7 Å². The molecule has 0 amide bonds. The standard InChI is InChI=1S/C12H15O/c1-2-8-12(9-13-10-12)11-6-4-3-5-7-11/h3-8H,2,9-10H2,1H3. The van der Waals surface area contributed by atoms with E-state index in [9.17, 15) is 0 Å². The zero-order valence-electron chi connectivity index (χ0n) is 7.99. The molecule has 0 unspecified atom stereocenters. The third-order valence-corrected chi connectivity index (χ3v) is 2.66. The number of hydrogen-bond donors (Lipinski definition) is 0. The molecule has 1 aromatic rings. The lowest BCUT2D eigenvalue weighted by atomic mass is 9.75. The van der Waals surface area contributed by atoms with Crippen LogP contribution in [0.5, 0.6) is 0 Å². The van der Waals surface area contributed by atoms with Crippen molar-refractivity contribution in [2.75, 3.05) is 13.2 Å². The maximum absolute atomic E-state index is 5.31. The van der Waals surface area contributed by atoms with Gasteiger partial charge in [0.2, 0.25) is 0 Å². The summed E-state index contributed by atoms with van der Waals surface area (Å²) in [6.45, 7) is 3.89. The third-order valence-electron chi connectivity index (χ3n) is 2.66. The fraction of sp³-hybridized carbons (Fsp3) is 0.417. The molecule has 2 rings (SSSR count). The van der Waals surface area contributed by atoms with Gasteiger partial charge in [0.15, 0.2) is 0 Å². The van der Waals surface area contributed by atoms with Crippen LogP contribution in [0.25, 0.3) is 0 Å². The van der Waals surface area contributed by atoms with Gasteiger partial charge in [-0.25, -0.2) is 0 Å². The Morgan fingerprint density at radius 1 is 1.31 bits per heavy atom. The van der Waals surface area contributed by atoms with Crippen LogP contribution in [0.4, 0.5) is 0 Å². The van der Waals surface area contributed by atoms with Gasteiger partial charge in [0.1, 0.15) is 0 Å². The largest absolute Gasteiger partial charge is 0.379 e. The summed E-state index contributed by atoms with van der Waals surface area (Å²) in [5.41, 5.74) is 1.61. The first-order valence-electron chi connectivity index (χ1n) is 4.85. The quantitative estimate of drug-likeness (QED) is 0.686. The molecule has 1 aliphatic rings. The van der Waals surface area contributed by atoms with Gasteiger partial charge < -0.3 is 4.74 Å². The van der Waals surface area contributed by atoms with E-state index in [0.29, 0.717) is 0 Å². The summed E-state index contributed by atoms with van der Waals surface area (Å²) in [6.07, 6.45) is 3.48. The average molecular weight is 175 g/mol. The minimum Gasteiger partial charge on any atom is -0.379 e. The molecule has 1 nitrogen and oxygen atoms in total. The fourth-order valence-electron chi connectivity index (χ4n) is 1.89. The lowest BCUT2D eigenvalue weighted by Crippen LogP contribution is -2.47. The van der Waals surface area contributed by atoms with Crippen LogP contribution in [0.2, 0.25) is 0 Å². The molecule has 0 aromatic heterocycles. The van der Waals surface area contributed by atoms with Crippen LogP contribution in [-0.4, -0.2) is 13.2 Å². The highest BCUT2D eigenvalue weighted by molar-refractivity contribution is 5.31. The first kappa shape index (κ1) is 8.76. The topological polar surface area (TPSA) is 9.23 Å². The summed E-state index contributed by atoms with van der Waals surface area (Å²) in [4.78, 5) is 0. The second-order valence-corrected chi connectivity index (χ2v) is 3.63. The van der Waals surface area contributed by atoms with E-state index in [1.807, 2.05) is 0 Å². The summed E-state index contributed by atoms with van der Waals surface area (Å²) in [5, 5.41) is 0. The number of rotatable bonds is 3. The molecule has 0 saturated carbocycles. The molecular formula is C12H15O. The van der Waals surface area contributed by atoms with Gasteiger partial charge in [-0.05, 0) is 12.0 Å². The van der Waals surface area contributed by atoms with Gasteiger partial charge in [-0.3, -0.25) is 0 Å². The Kier molecular flexibility index (Phi) is 2.36. The Morgan fingerprint density at radius 2 is 2.00 bits per heavy atom. The van der Waals surface area contributed by atoms with Crippen LogP contribution in [0, 0.1) is 6.42 Å². The van der Waals surface area contributed by atoms with Gasteiger partial charge in [0.05, 0.1) is 13.2 Å². The monoisotopic (exact) mass is 175 g/mol. The zero-order valence-corrected chi connectivity index (χ0v) is 7.99. The molecule has 1 fully saturated rings. The van der Waals surface area contributed by atoms with Gasteiger partial charge >= 0.3 is 0 Å². The smallest absolute Gasteiger partial charge is 0.0588 e. The molecule has 1 aromatic carbocycles. The van der Waals surface area contributed by atoms with Crippen molar-refractivity contribution in [3.8, 4) is 0 Å². The first-order chi connectivity index (χ1) is 6.37. The van der Waals surface area contributed by atoms with Crippen LogP contribution < -0.4 is 0 Å². The second kappa shape index (κ2) is 3.51. The van der Waals surface area contributed by atoms with Crippen LogP contribution in [0.15, 0.2) is 30.3 Å². The van der Waals surface area contributed by atoms with Gasteiger partial charge in [-0.15, -0.1) is 0 Å². The Morgan fingerprint density at radius 3 is 2.46 bits per heavy atom. The van der Waals surface area contributed by atoms with Crippen LogP contribution in [0.3, 0.4) is 0 Å². The summed E-state index contributed by atoms with van der Waals surface area (Å²) in [7, 11) is 0. The molecule has 1 heteroatoms. The van der Waals surface area contributed by atoms with E-state index in [0.717, 1.165) is 19.6 Å². The highest BCUT2D eigenvalue weighted by Crippen LogP contribution is 2.35. The van der Waals surface area contributed by atoms with E-state index in [2.05, 4.69) is 43.7 Å². The Bertz CT molecular complexity index is 262. The maximum atomic E-state index is 5.31. The molecule has 1 heterocycles. The molecule has 0 N–H and O–H groups in total. The van der Waals surface area contributed by atoms with Gasteiger partial charge in [-0.1, -0.05) is 43.7 Å². The molecule has 0 spiro atoms. The van der Waals surface area contributed by atoms with Crippen LogP contribution in [0.1, 0.15) is 18.9 Å². The van der Waals surface area contributed by atoms with Crippen molar-refractivity contribution >= 4 is 0 Å². The van der Waals surface area contributed by atoms with Crippen molar-refractivity contribution < 1.29 is 4.74 Å². The first-order valence-corrected chi connectivity index (χ1v) is 4.85. The Balaban J connectivity index is 2.22. The van der Waals surface area contributed by atoms with Crippen molar-refractivity contribution in [1.29, 1.82) is 0 Å². The molecule has 0 aliphatic carbocycles. The third kappa shape index (κ3) is 1.49. The fourth-order valence-corrected chi connectivity index (χ4v) is 1.89. The zero-order chi connectivity index (χ0) is 9.15. The lowest BCUT2D eigenvalue weighted by molar-refractivity contribution is -0.0436. The minimum atomic E-state index is 0.218. The van der Waals surface area contributed by atoms with E-state index >= 15 is 0 Å². The molecular weight excluding hydrogens is 160 g/mol. The maximum Gasteiger partial charge on any atom is 0.0588 e. The van der Waals surface area contributed by atoms with Crippen molar-refractivity contribution in [1.82, 2.24) is 0 Å². The summed E-state index contributed by atoms with van der Waals surface area (Å²) in [5.74, 6) is 0. The van der Waals surface area contributed by atoms with Crippen molar-refractivity contribution in [2.24, 2.45) is 0 Å². The van der Waals surface area contributed by atoms with E-state index < -0.39 is 0 Å². The summed E-state index contributed by atoms with van der Waals surface area (Å²) >= 11 is 0. The molecule has 0 bridgehead atoms. The Hall–Kier alpha value is -0.820. The molecule has 1 saturated heterocycles. The van der Waals surface area contributed by atoms with E-state index in [1.54, 1.807) is 0 Å². The van der Waals surface area contributed by atoms with Crippen molar-refractivity contribution in [2.45, 2.75) is 18.8 Å². The number of benzene rings is 1. The highest BCUT2D eigenvalue weighted by Gasteiger charge is 2.39. The predicted molar refractivity (Wildman–Crippen MR) is 53.5 cm³/mol. The summed E-state index contributed by atoms with van der Waals surface area (Å²) in [6, 6.07) is 10.6. The second-order valence-electron chi connectivity index (χ2n) is 3.63. The van der Waals surface area contributed by atoms with Gasteiger partial charge in [0.25, 0.3) is 0 Å². The highest BCUT2D eigenvalue weighted by atomic mass is 16.5. The minimum absolute atomic E-state index is 0.218. The molecule has 0 atom stereocenters. The average Bonchev–Trinajstić information content (AvgIpc) is 2.13. The van der Waals surface area contributed by atoms with Crippen LogP contribution in [-0.2, 0) is 10.2 Å². The lowest BCUT2D eigenvalue weighted by Gasteiger charge is -2.41. The number of hydrogen-bond acceptors (Lipinski definition) is 1. The van der Waals surface area contributed by atoms with E-state index in [-0.39, 0.29) is 5.41 Å². The summed E-state index contributed by atoms with van der Waals surface area (Å²) < 4.78 is 5.31. The van der Waals surface area contributed by atoms with E-state index in [1.165, 1.54) is 5.56 Å². The molecule has 1 aliphatic heterocycles. The van der Waals surface area contributed by atoms with E-state index in [4.69, 9.17) is 4.74 Å². The van der Waals surface area contributed by atoms with Crippen LogP contribution >= 0.6 is 0 Å². The van der Waals surface area contributed by atoms with Gasteiger partial charge in [-0.2, -0.15) is 0 Å². The van der Waals surface area contributed by atoms with Gasteiger partial charge in [0, 0.05) is 5.41 Å². The van der Waals surface area contributed by atoms with Crippen molar-refractivity contribution in [3.63, 3.8) is 0 Å². The van der Waals surface area contributed by atoms with Crippen molar-refractivity contribution in [3.05, 3.63) is 42.3 Å².